The van der Waals surface area contributed by atoms with Crippen LogP contribution in [0.5, 0.6) is 0 Å². The summed E-state index contributed by atoms with van der Waals surface area (Å²) in [7, 11) is 1.76. The van der Waals surface area contributed by atoms with E-state index < -0.39 is 0 Å². The quantitative estimate of drug-likeness (QED) is 0.531. The first-order valence-corrected chi connectivity index (χ1v) is 7.83. The number of hydrogen-bond donors (Lipinski definition) is 0. The summed E-state index contributed by atoms with van der Waals surface area (Å²) in [5.74, 6) is 2.98. The predicted octanol–water partition coefficient (Wildman–Crippen LogP) is 3.93. The fourth-order valence-corrected chi connectivity index (χ4v) is 3.48. The van der Waals surface area contributed by atoms with Crippen LogP contribution in [0.2, 0.25) is 0 Å². The van der Waals surface area contributed by atoms with Crippen LogP contribution in [0, 0.1) is 0 Å². The lowest BCUT2D eigenvalue weighted by Gasteiger charge is -2.13. The van der Waals surface area contributed by atoms with Gasteiger partial charge in [-0.05, 0) is 17.7 Å². The van der Waals surface area contributed by atoms with Crippen LogP contribution in [0.25, 0.3) is 0 Å². The zero-order chi connectivity index (χ0) is 11.6. The molecule has 90 valence electrons. The minimum atomic E-state index is 0.619. The molecular weight excluding hydrogens is 284 g/mol. The third kappa shape index (κ3) is 5.37. The zero-order valence-corrected chi connectivity index (χ0v) is 12.1. The molecule has 0 heterocycles. The fraction of sp³-hybridized carbons (Fsp3) is 0.538. The molecule has 0 aliphatic heterocycles. The van der Waals surface area contributed by atoms with Crippen LogP contribution in [-0.2, 0) is 4.74 Å². The Labute approximate surface area is 111 Å². The lowest BCUT2D eigenvalue weighted by atomic mass is 10.0. The van der Waals surface area contributed by atoms with Gasteiger partial charge in [-0.2, -0.15) is 11.8 Å². The number of rotatable bonds is 8. The smallest absolute Gasteiger partial charge is 0.0470 e. The van der Waals surface area contributed by atoms with E-state index in [2.05, 4.69) is 46.3 Å². The van der Waals surface area contributed by atoms with Gasteiger partial charge in [0.2, 0.25) is 0 Å². The largest absolute Gasteiger partial charge is 0.385 e. The van der Waals surface area contributed by atoms with Crippen molar-refractivity contribution in [1.82, 2.24) is 0 Å². The Kier molecular flexibility index (Phi) is 7.99. The SMILES string of the molecule is COCCCSCC(CBr)c1ccccc1. The molecule has 0 saturated heterocycles. The molecule has 0 amide bonds. The van der Waals surface area contributed by atoms with Crippen molar-refractivity contribution >= 4 is 27.7 Å². The molecule has 1 nitrogen and oxygen atoms in total. The Morgan fingerprint density at radius 2 is 2.06 bits per heavy atom. The standard InChI is InChI=1S/C13H19BrOS/c1-15-8-5-9-16-11-13(10-14)12-6-3-2-4-7-12/h2-4,6-7,13H,5,8-11H2,1H3. The molecule has 0 saturated carbocycles. The zero-order valence-electron chi connectivity index (χ0n) is 9.69. The highest BCUT2D eigenvalue weighted by atomic mass is 79.9. The normalized spacial score (nSPS) is 12.6. The van der Waals surface area contributed by atoms with Gasteiger partial charge in [-0.25, -0.2) is 0 Å². The molecule has 16 heavy (non-hydrogen) atoms. The van der Waals surface area contributed by atoms with E-state index in [1.807, 2.05) is 11.8 Å². The molecule has 1 unspecified atom stereocenters. The molecule has 0 fully saturated rings. The predicted molar refractivity (Wildman–Crippen MR) is 76.8 cm³/mol. The Balaban J connectivity index is 2.27. The molecule has 1 aromatic carbocycles. The van der Waals surface area contributed by atoms with Gasteiger partial charge in [-0.15, -0.1) is 0 Å². The summed E-state index contributed by atoms with van der Waals surface area (Å²) in [5, 5.41) is 1.04. The molecular formula is C13H19BrOS. The van der Waals surface area contributed by atoms with Crippen LogP contribution in [0.3, 0.4) is 0 Å². The number of alkyl halides is 1. The van der Waals surface area contributed by atoms with Crippen LogP contribution in [0.1, 0.15) is 17.9 Å². The summed E-state index contributed by atoms with van der Waals surface area (Å²) in [6, 6.07) is 10.7. The molecule has 0 aromatic heterocycles. The van der Waals surface area contributed by atoms with E-state index >= 15 is 0 Å². The van der Waals surface area contributed by atoms with Crippen LogP contribution < -0.4 is 0 Å². The van der Waals surface area contributed by atoms with E-state index in [4.69, 9.17) is 4.74 Å². The van der Waals surface area contributed by atoms with Gasteiger partial charge in [0.25, 0.3) is 0 Å². The van der Waals surface area contributed by atoms with Crippen molar-refractivity contribution in [2.24, 2.45) is 0 Å². The maximum absolute atomic E-state index is 5.04. The Hall–Kier alpha value is 0.0100. The number of hydrogen-bond acceptors (Lipinski definition) is 2. The second-order valence-electron chi connectivity index (χ2n) is 3.68. The van der Waals surface area contributed by atoms with Crippen LogP contribution in [0.4, 0.5) is 0 Å². The minimum Gasteiger partial charge on any atom is -0.385 e. The highest BCUT2D eigenvalue weighted by Crippen LogP contribution is 2.23. The van der Waals surface area contributed by atoms with Crippen molar-refractivity contribution in [3.63, 3.8) is 0 Å². The molecule has 0 N–H and O–H groups in total. The summed E-state index contributed by atoms with van der Waals surface area (Å²) in [4.78, 5) is 0. The fourth-order valence-electron chi connectivity index (χ4n) is 1.49. The van der Waals surface area contributed by atoms with Gasteiger partial charge in [-0.3, -0.25) is 0 Å². The van der Waals surface area contributed by atoms with Gasteiger partial charge in [0, 0.05) is 30.7 Å². The van der Waals surface area contributed by atoms with Crippen molar-refractivity contribution in [3.8, 4) is 0 Å². The van der Waals surface area contributed by atoms with Gasteiger partial charge in [-0.1, -0.05) is 46.3 Å². The average Bonchev–Trinajstić information content (AvgIpc) is 2.35. The lowest BCUT2D eigenvalue weighted by molar-refractivity contribution is 0.200. The first-order valence-electron chi connectivity index (χ1n) is 5.56. The molecule has 0 spiro atoms. The van der Waals surface area contributed by atoms with Gasteiger partial charge in [0.1, 0.15) is 0 Å². The molecule has 0 bridgehead atoms. The van der Waals surface area contributed by atoms with Gasteiger partial charge in [0.05, 0.1) is 0 Å². The molecule has 3 heteroatoms. The van der Waals surface area contributed by atoms with Crippen molar-refractivity contribution in [2.75, 3.05) is 30.6 Å². The maximum Gasteiger partial charge on any atom is 0.0470 e. The van der Waals surface area contributed by atoms with E-state index in [1.165, 1.54) is 17.1 Å². The number of benzene rings is 1. The van der Waals surface area contributed by atoms with Crippen LogP contribution in [-0.4, -0.2) is 30.6 Å². The minimum absolute atomic E-state index is 0.619. The molecule has 0 radical (unpaired) electrons. The van der Waals surface area contributed by atoms with Crippen molar-refractivity contribution in [3.05, 3.63) is 35.9 Å². The van der Waals surface area contributed by atoms with E-state index in [0.29, 0.717) is 5.92 Å². The van der Waals surface area contributed by atoms with Crippen LogP contribution in [0.15, 0.2) is 30.3 Å². The summed E-state index contributed by atoms with van der Waals surface area (Å²) in [6.45, 7) is 0.872. The third-order valence-corrected chi connectivity index (χ3v) is 4.41. The Morgan fingerprint density at radius 1 is 1.31 bits per heavy atom. The molecule has 1 atom stereocenters. The number of ether oxygens (including phenoxy) is 1. The summed E-state index contributed by atoms with van der Waals surface area (Å²) in [6.07, 6.45) is 1.14. The third-order valence-electron chi connectivity index (χ3n) is 2.41. The van der Waals surface area contributed by atoms with Gasteiger partial charge < -0.3 is 4.74 Å². The molecule has 0 aliphatic carbocycles. The van der Waals surface area contributed by atoms with E-state index in [-0.39, 0.29) is 0 Å². The Morgan fingerprint density at radius 3 is 2.69 bits per heavy atom. The monoisotopic (exact) mass is 302 g/mol. The summed E-state index contributed by atoms with van der Waals surface area (Å²) >= 11 is 5.61. The summed E-state index contributed by atoms with van der Waals surface area (Å²) < 4.78 is 5.04. The van der Waals surface area contributed by atoms with E-state index in [9.17, 15) is 0 Å². The second kappa shape index (κ2) is 9.08. The van der Waals surface area contributed by atoms with Crippen molar-refractivity contribution in [2.45, 2.75) is 12.3 Å². The summed E-state index contributed by atoms with van der Waals surface area (Å²) in [5.41, 5.74) is 1.43. The van der Waals surface area contributed by atoms with E-state index in [1.54, 1.807) is 7.11 Å². The number of halogens is 1. The Bertz CT molecular complexity index is 266. The number of methoxy groups -OCH3 is 1. The van der Waals surface area contributed by atoms with Crippen LogP contribution >= 0.6 is 27.7 Å². The molecule has 1 rings (SSSR count). The maximum atomic E-state index is 5.04. The molecule has 0 aliphatic rings. The highest BCUT2D eigenvalue weighted by Gasteiger charge is 2.09. The van der Waals surface area contributed by atoms with Gasteiger partial charge in [0.15, 0.2) is 0 Å². The first kappa shape index (κ1) is 14.1. The van der Waals surface area contributed by atoms with Gasteiger partial charge >= 0.3 is 0 Å². The van der Waals surface area contributed by atoms with E-state index in [0.717, 1.165) is 18.4 Å². The topological polar surface area (TPSA) is 9.23 Å². The molecule has 1 aromatic rings. The lowest BCUT2D eigenvalue weighted by Crippen LogP contribution is -2.04. The first-order chi connectivity index (χ1) is 7.88. The highest BCUT2D eigenvalue weighted by molar-refractivity contribution is 9.09. The van der Waals surface area contributed by atoms with Crippen molar-refractivity contribution in [1.29, 1.82) is 0 Å². The number of thioether (sulfide) groups is 1. The second-order valence-corrected chi connectivity index (χ2v) is 5.48. The van der Waals surface area contributed by atoms with Crippen molar-refractivity contribution < 1.29 is 4.74 Å². The average molecular weight is 303 g/mol.